The number of nitrogens with one attached hydrogen (secondary N) is 1. The molecule has 1 aliphatic rings. The highest BCUT2D eigenvalue weighted by molar-refractivity contribution is 7.88. The minimum atomic E-state index is -3.20. The minimum Gasteiger partial charge on any atom is -0.319 e. The van der Waals surface area contributed by atoms with Gasteiger partial charge < -0.3 is 5.32 Å². The summed E-state index contributed by atoms with van der Waals surface area (Å²) in [6.07, 6.45) is 2.07. The van der Waals surface area contributed by atoms with Gasteiger partial charge in [-0.3, -0.25) is 0 Å². The van der Waals surface area contributed by atoms with Gasteiger partial charge in [-0.1, -0.05) is 29.8 Å². The molecule has 0 amide bonds. The van der Waals surface area contributed by atoms with E-state index >= 15 is 0 Å². The first-order valence-corrected chi connectivity index (χ1v) is 8.80. The van der Waals surface area contributed by atoms with Crippen LogP contribution in [-0.4, -0.2) is 39.4 Å². The Labute approximate surface area is 134 Å². The molecule has 0 aliphatic carbocycles. The molecule has 0 spiro atoms. The summed E-state index contributed by atoms with van der Waals surface area (Å²) in [5.74, 6) is 0.544. The van der Waals surface area contributed by atoms with E-state index in [1.807, 2.05) is 38.2 Å². The molecular formula is C15H25ClN2O2S. The fourth-order valence-corrected chi connectivity index (χ4v) is 4.47. The van der Waals surface area contributed by atoms with Crippen molar-refractivity contribution in [2.24, 2.45) is 5.92 Å². The number of hydrogen-bond acceptors (Lipinski definition) is 3. The number of sulfonamides is 1. The Hall–Kier alpha value is -0.620. The molecule has 1 saturated heterocycles. The van der Waals surface area contributed by atoms with Crippen LogP contribution in [0.1, 0.15) is 24.0 Å². The molecule has 0 saturated carbocycles. The smallest absolute Gasteiger partial charge is 0.218 e. The summed E-state index contributed by atoms with van der Waals surface area (Å²) in [7, 11) is -1.28. The lowest BCUT2D eigenvalue weighted by atomic mass is 10.00. The topological polar surface area (TPSA) is 49.4 Å². The quantitative estimate of drug-likeness (QED) is 0.899. The SMILES string of the molecule is CNCC1CCCN(S(=O)(=O)Cc2cccc(C)c2)C1.Cl. The summed E-state index contributed by atoms with van der Waals surface area (Å²) in [5.41, 5.74) is 1.98. The van der Waals surface area contributed by atoms with Crippen molar-refractivity contribution in [1.82, 2.24) is 9.62 Å². The first kappa shape index (κ1) is 18.4. The Balaban J connectivity index is 0.00000220. The Kier molecular flexibility index (Phi) is 7.13. The lowest BCUT2D eigenvalue weighted by Gasteiger charge is -2.31. The van der Waals surface area contributed by atoms with Crippen LogP contribution in [0.5, 0.6) is 0 Å². The third kappa shape index (κ3) is 5.25. The highest BCUT2D eigenvalue weighted by Gasteiger charge is 2.28. The normalized spacial score (nSPS) is 20.0. The summed E-state index contributed by atoms with van der Waals surface area (Å²) in [6, 6.07) is 7.74. The number of piperidine rings is 1. The van der Waals surface area contributed by atoms with E-state index in [1.165, 1.54) is 0 Å². The predicted octanol–water partition coefficient (Wildman–Crippen LogP) is 2.18. The average Bonchev–Trinajstić information content (AvgIpc) is 2.39. The summed E-state index contributed by atoms with van der Waals surface area (Å²) in [4.78, 5) is 0. The second-order valence-corrected chi connectivity index (χ2v) is 7.64. The van der Waals surface area contributed by atoms with Crippen LogP contribution in [0.2, 0.25) is 0 Å². The summed E-state index contributed by atoms with van der Waals surface area (Å²) < 4.78 is 26.7. The zero-order chi connectivity index (χ0) is 14.6. The van der Waals surface area contributed by atoms with Crippen molar-refractivity contribution in [3.05, 3.63) is 35.4 Å². The van der Waals surface area contributed by atoms with Gasteiger partial charge in [-0.15, -0.1) is 12.4 Å². The van der Waals surface area contributed by atoms with Gasteiger partial charge in [0.25, 0.3) is 0 Å². The highest BCUT2D eigenvalue weighted by atomic mass is 35.5. The maximum Gasteiger partial charge on any atom is 0.218 e. The van der Waals surface area contributed by atoms with Gasteiger partial charge >= 0.3 is 0 Å². The van der Waals surface area contributed by atoms with Crippen LogP contribution in [-0.2, 0) is 15.8 Å². The Bertz CT molecular complexity index is 546. The molecule has 1 aromatic carbocycles. The summed E-state index contributed by atoms with van der Waals surface area (Å²) >= 11 is 0. The van der Waals surface area contributed by atoms with Crippen LogP contribution in [0, 0.1) is 12.8 Å². The van der Waals surface area contributed by atoms with Gasteiger partial charge in [0.2, 0.25) is 10.0 Å². The number of aryl methyl sites for hydroxylation is 1. The molecule has 1 N–H and O–H groups in total. The summed E-state index contributed by atoms with van der Waals surface area (Å²) in [6.45, 7) is 4.18. The zero-order valence-corrected chi connectivity index (χ0v) is 14.3. The van der Waals surface area contributed by atoms with Gasteiger partial charge in [0.05, 0.1) is 5.75 Å². The second-order valence-electron chi connectivity index (χ2n) is 5.67. The molecule has 0 bridgehead atoms. The average molecular weight is 333 g/mol. The van der Waals surface area contributed by atoms with Crippen molar-refractivity contribution in [1.29, 1.82) is 0 Å². The number of rotatable bonds is 5. The number of halogens is 1. The molecule has 2 rings (SSSR count). The molecule has 21 heavy (non-hydrogen) atoms. The molecule has 0 aromatic heterocycles. The van der Waals surface area contributed by atoms with E-state index in [2.05, 4.69) is 5.32 Å². The molecule has 0 radical (unpaired) electrons. The van der Waals surface area contributed by atoms with Gasteiger partial charge in [0.15, 0.2) is 0 Å². The van der Waals surface area contributed by atoms with E-state index in [-0.39, 0.29) is 18.2 Å². The molecule has 1 atom stereocenters. The number of benzene rings is 1. The van der Waals surface area contributed by atoms with Gasteiger partial charge in [0.1, 0.15) is 0 Å². The molecular weight excluding hydrogens is 308 g/mol. The van der Waals surface area contributed by atoms with Gasteiger partial charge in [-0.05, 0) is 44.8 Å². The van der Waals surface area contributed by atoms with E-state index in [9.17, 15) is 8.42 Å². The van der Waals surface area contributed by atoms with E-state index < -0.39 is 10.0 Å². The van der Waals surface area contributed by atoms with Crippen molar-refractivity contribution in [2.45, 2.75) is 25.5 Å². The van der Waals surface area contributed by atoms with Crippen molar-refractivity contribution in [2.75, 3.05) is 26.7 Å². The monoisotopic (exact) mass is 332 g/mol. The predicted molar refractivity (Wildman–Crippen MR) is 89.3 cm³/mol. The maximum absolute atomic E-state index is 12.5. The van der Waals surface area contributed by atoms with Crippen LogP contribution < -0.4 is 5.32 Å². The molecule has 1 unspecified atom stereocenters. The van der Waals surface area contributed by atoms with Gasteiger partial charge in [0, 0.05) is 13.1 Å². The molecule has 1 aromatic rings. The number of hydrogen-bond donors (Lipinski definition) is 1. The fraction of sp³-hybridized carbons (Fsp3) is 0.600. The Morgan fingerprint density at radius 2 is 2.14 bits per heavy atom. The summed E-state index contributed by atoms with van der Waals surface area (Å²) in [5, 5.41) is 3.15. The third-order valence-corrected chi connectivity index (χ3v) is 5.62. The minimum absolute atomic E-state index is 0. The van der Waals surface area contributed by atoms with Crippen LogP contribution in [0.15, 0.2) is 24.3 Å². The van der Waals surface area contributed by atoms with E-state index in [4.69, 9.17) is 0 Å². The fourth-order valence-electron chi connectivity index (χ4n) is 2.84. The van der Waals surface area contributed by atoms with Crippen LogP contribution in [0.3, 0.4) is 0 Å². The molecule has 120 valence electrons. The van der Waals surface area contributed by atoms with Crippen molar-refractivity contribution in [3.8, 4) is 0 Å². The number of nitrogens with zero attached hydrogens (tertiary/aromatic N) is 1. The molecule has 1 aliphatic heterocycles. The van der Waals surface area contributed by atoms with Crippen LogP contribution in [0.25, 0.3) is 0 Å². The van der Waals surface area contributed by atoms with Crippen LogP contribution in [0.4, 0.5) is 0 Å². The van der Waals surface area contributed by atoms with E-state index in [0.717, 1.165) is 30.5 Å². The van der Waals surface area contributed by atoms with Gasteiger partial charge in [-0.2, -0.15) is 0 Å². The largest absolute Gasteiger partial charge is 0.319 e. The lowest BCUT2D eigenvalue weighted by molar-refractivity contribution is 0.263. The third-order valence-electron chi connectivity index (χ3n) is 3.80. The second kappa shape index (κ2) is 8.13. The molecule has 6 heteroatoms. The standard InChI is InChI=1S/C15H24N2O2S.ClH/c1-13-5-3-6-14(9-13)12-20(18,19)17-8-4-7-15(11-17)10-16-2;/h3,5-6,9,15-16H,4,7-8,10-12H2,1-2H3;1H. The van der Waals surface area contributed by atoms with Gasteiger partial charge in [-0.25, -0.2) is 12.7 Å². The Morgan fingerprint density at radius 3 is 2.81 bits per heavy atom. The zero-order valence-electron chi connectivity index (χ0n) is 12.7. The van der Waals surface area contributed by atoms with Crippen molar-refractivity contribution >= 4 is 22.4 Å². The first-order chi connectivity index (χ1) is 9.51. The molecule has 1 heterocycles. The molecule has 1 fully saturated rings. The van der Waals surface area contributed by atoms with Crippen LogP contribution >= 0.6 is 12.4 Å². The Morgan fingerprint density at radius 1 is 1.38 bits per heavy atom. The highest BCUT2D eigenvalue weighted by Crippen LogP contribution is 2.21. The van der Waals surface area contributed by atoms with E-state index in [0.29, 0.717) is 19.0 Å². The lowest BCUT2D eigenvalue weighted by Crippen LogP contribution is -2.42. The van der Waals surface area contributed by atoms with Crippen molar-refractivity contribution < 1.29 is 8.42 Å². The molecule has 4 nitrogen and oxygen atoms in total. The maximum atomic E-state index is 12.5. The van der Waals surface area contributed by atoms with E-state index in [1.54, 1.807) is 4.31 Å². The first-order valence-electron chi connectivity index (χ1n) is 7.19. The van der Waals surface area contributed by atoms with Crippen molar-refractivity contribution in [3.63, 3.8) is 0 Å².